The molecule has 0 radical (unpaired) electrons. The third-order valence-corrected chi connectivity index (χ3v) is 9.12. The predicted molar refractivity (Wildman–Crippen MR) is 119 cm³/mol. The van der Waals surface area contributed by atoms with Crippen molar-refractivity contribution in [3.8, 4) is 11.8 Å². The molecule has 0 spiro atoms. The van der Waals surface area contributed by atoms with Crippen LogP contribution in [0.25, 0.3) is 0 Å². The quantitative estimate of drug-likeness (QED) is 0.557. The molecule has 0 unspecified atom stereocenters. The van der Waals surface area contributed by atoms with Crippen molar-refractivity contribution in [2.24, 2.45) is 0 Å². The highest BCUT2D eigenvalue weighted by atomic mass is 32.2. The zero-order chi connectivity index (χ0) is 24.2. The molecule has 2 aromatic carbocycles. The summed E-state index contributed by atoms with van der Waals surface area (Å²) in [7, 11) is -5.01. The fourth-order valence-corrected chi connectivity index (χ4v) is 6.08. The molecule has 1 aliphatic heterocycles. The molecule has 0 bridgehead atoms. The zero-order valence-corrected chi connectivity index (χ0v) is 19.8. The maximum atomic E-state index is 12.9. The summed E-state index contributed by atoms with van der Waals surface area (Å²) in [5, 5.41) is 9.18. The smallest absolute Gasteiger partial charge is 0.244 e. The van der Waals surface area contributed by atoms with Crippen molar-refractivity contribution in [3.05, 3.63) is 54.1 Å². The first kappa shape index (κ1) is 24.7. The standard InChI is InChI=1S/C21H24N4O6S2/c1-23(33(29,30)20-6-4-3-5-17(20)15-22)16-21(26)24-11-13-25(14-12-24)32(27,28)19-9-7-18(31-2)8-10-19/h3-10H,11-14,16H2,1-2H3. The van der Waals surface area contributed by atoms with Crippen molar-refractivity contribution >= 4 is 26.0 Å². The molecule has 1 amide bonds. The number of methoxy groups -OCH3 is 1. The summed E-state index contributed by atoms with van der Waals surface area (Å²) in [5.74, 6) is 0.0952. The van der Waals surface area contributed by atoms with Crippen LogP contribution in [0, 0.1) is 11.3 Å². The molecule has 1 fully saturated rings. The van der Waals surface area contributed by atoms with Crippen LogP contribution in [0.2, 0.25) is 0 Å². The number of benzene rings is 2. The Kier molecular flexibility index (Phi) is 7.38. The average Bonchev–Trinajstić information content (AvgIpc) is 2.83. The van der Waals surface area contributed by atoms with Crippen LogP contribution in [0.5, 0.6) is 5.75 Å². The highest BCUT2D eigenvalue weighted by Gasteiger charge is 2.32. The van der Waals surface area contributed by atoms with Crippen LogP contribution in [0.15, 0.2) is 58.3 Å². The molecule has 2 aromatic rings. The molecular weight excluding hydrogens is 468 g/mol. The summed E-state index contributed by atoms with van der Waals surface area (Å²) in [6, 6.07) is 13.7. The number of hydrogen-bond donors (Lipinski definition) is 0. The Labute approximate surface area is 193 Å². The van der Waals surface area contributed by atoms with Crippen molar-refractivity contribution < 1.29 is 26.4 Å². The van der Waals surface area contributed by atoms with Gasteiger partial charge in [-0.2, -0.15) is 13.9 Å². The minimum atomic E-state index is -4.04. The summed E-state index contributed by atoms with van der Waals surface area (Å²) in [4.78, 5) is 14.1. The first-order valence-electron chi connectivity index (χ1n) is 9.98. The van der Waals surface area contributed by atoms with E-state index in [1.807, 2.05) is 6.07 Å². The van der Waals surface area contributed by atoms with Gasteiger partial charge < -0.3 is 9.64 Å². The lowest BCUT2D eigenvalue weighted by Gasteiger charge is -2.34. The number of carbonyl (C=O) groups excluding carboxylic acids is 1. The predicted octanol–water partition coefficient (Wildman–Crippen LogP) is 0.720. The lowest BCUT2D eigenvalue weighted by Crippen LogP contribution is -2.52. The van der Waals surface area contributed by atoms with Gasteiger partial charge in [-0.15, -0.1) is 0 Å². The lowest BCUT2D eigenvalue weighted by atomic mass is 10.2. The summed E-state index contributed by atoms with van der Waals surface area (Å²) in [6.07, 6.45) is 0. The molecule has 12 heteroatoms. The second-order valence-corrected chi connectivity index (χ2v) is 11.3. The number of sulfonamides is 2. The summed E-state index contributed by atoms with van der Waals surface area (Å²) < 4.78 is 58.6. The molecule has 3 rings (SSSR count). The molecule has 0 aliphatic carbocycles. The van der Waals surface area contributed by atoms with Gasteiger partial charge in [0.2, 0.25) is 26.0 Å². The van der Waals surface area contributed by atoms with Gasteiger partial charge in [-0.05, 0) is 36.4 Å². The second-order valence-electron chi connectivity index (χ2n) is 7.33. The highest BCUT2D eigenvalue weighted by Crippen LogP contribution is 2.22. The Bertz CT molecular complexity index is 1260. The molecule has 0 aromatic heterocycles. The van der Waals surface area contributed by atoms with Crippen LogP contribution in [0.3, 0.4) is 0 Å². The second kappa shape index (κ2) is 9.88. The monoisotopic (exact) mass is 492 g/mol. The lowest BCUT2D eigenvalue weighted by molar-refractivity contribution is -0.132. The molecule has 1 saturated heterocycles. The number of amides is 1. The van der Waals surface area contributed by atoms with Crippen LogP contribution in [-0.4, -0.2) is 83.1 Å². The first-order chi connectivity index (χ1) is 15.6. The largest absolute Gasteiger partial charge is 0.497 e. The van der Waals surface area contributed by atoms with E-state index < -0.39 is 32.5 Å². The van der Waals surface area contributed by atoms with E-state index in [0.717, 1.165) is 4.31 Å². The Morgan fingerprint density at radius 1 is 1.03 bits per heavy atom. The SMILES string of the molecule is COc1ccc(S(=O)(=O)N2CCN(C(=O)CN(C)S(=O)(=O)c3ccccc3C#N)CC2)cc1. The van der Waals surface area contributed by atoms with E-state index in [4.69, 9.17) is 4.74 Å². The van der Waals surface area contributed by atoms with E-state index in [1.165, 1.54) is 53.7 Å². The number of hydrogen-bond acceptors (Lipinski definition) is 7. The van der Waals surface area contributed by atoms with Crippen molar-refractivity contribution in [1.29, 1.82) is 5.26 Å². The Morgan fingerprint density at radius 2 is 1.64 bits per heavy atom. The fourth-order valence-electron chi connectivity index (χ4n) is 3.40. The van der Waals surface area contributed by atoms with Crippen LogP contribution in [0.4, 0.5) is 0 Å². The molecule has 0 saturated carbocycles. The van der Waals surface area contributed by atoms with Crippen LogP contribution < -0.4 is 4.74 Å². The Morgan fingerprint density at radius 3 is 2.21 bits per heavy atom. The molecule has 33 heavy (non-hydrogen) atoms. The van der Waals surface area contributed by atoms with Crippen LogP contribution in [0.1, 0.15) is 5.56 Å². The van der Waals surface area contributed by atoms with Crippen molar-refractivity contribution in [3.63, 3.8) is 0 Å². The minimum absolute atomic E-state index is 0.00541. The van der Waals surface area contributed by atoms with Gasteiger partial charge in [0.05, 0.1) is 29.0 Å². The van der Waals surface area contributed by atoms with Gasteiger partial charge in [-0.3, -0.25) is 4.79 Å². The third kappa shape index (κ3) is 5.17. The number of nitrogens with zero attached hydrogens (tertiary/aromatic N) is 4. The van der Waals surface area contributed by atoms with E-state index in [2.05, 4.69) is 0 Å². The van der Waals surface area contributed by atoms with Gasteiger partial charge in [0, 0.05) is 33.2 Å². The number of nitriles is 1. The van der Waals surface area contributed by atoms with Gasteiger partial charge in [0.15, 0.2) is 0 Å². The molecule has 10 nitrogen and oxygen atoms in total. The molecule has 1 heterocycles. The van der Waals surface area contributed by atoms with E-state index >= 15 is 0 Å². The number of carbonyl (C=O) groups is 1. The van der Waals surface area contributed by atoms with Crippen LogP contribution >= 0.6 is 0 Å². The molecule has 176 valence electrons. The molecule has 0 N–H and O–H groups in total. The number of ether oxygens (including phenoxy) is 1. The van der Waals surface area contributed by atoms with Crippen molar-refractivity contribution in [2.45, 2.75) is 9.79 Å². The molecule has 0 atom stereocenters. The maximum Gasteiger partial charge on any atom is 0.244 e. The van der Waals surface area contributed by atoms with Gasteiger partial charge in [0.25, 0.3) is 0 Å². The average molecular weight is 493 g/mol. The fraction of sp³-hybridized carbons (Fsp3) is 0.333. The Balaban J connectivity index is 1.64. The van der Waals surface area contributed by atoms with E-state index in [1.54, 1.807) is 18.2 Å². The zero-order valence-electron chi connectivity index (χ0n) is 18.2. The highest BCUT2D eigenvalue weighted by molar-refractivity contribution is 7.89. The van der Waals surface area contributed by atoms with E-state index in [-0.39, 0.29) is 41.5 Å². The van der Waals surface area contributed by atoms with Gasteiger partial charge >= 0.3 is 0 Å². The normalized spacial score (nSPS) is 15.3. The molecular formula is C21H24N4O6S2. The van der Waals surface area contributed by atoms with Crippen molar-refractivity contribution in [1.82, 2.24) is 13.5 Å². The van der Waals surface area contributed by atoms with E-state index in [9.17, 15) is 26.9 Å². The number of likely N-dealkylation sites (N-methyl/N-ethyl adjacent to an activating group) is 1. The third-order valence-electron chi connectivity index (χ3n) is 5.34. The summed E-state index contributed by atoms with van der Waals surface area (Å²) >= 11 is 0. The molecule has 1 aliphatic rings. The van der Waals surface area contributed by atoms with Crippen molar-refractivity contribution in [2.75, 3.05) is 46.9 Å². The van der Waals surface area contributed by atoms with Gasteiger partial charge in [0.1, 0.15) is 11.8 Å². The maximum absolute atomic E-state index is 12.9. The number of rotatable bonds is 7. The van der Waals surface area contributed by atoms with Crippen LogP contribution in [-0.2, 0) is 24.8 Å². The summed E-state index contributed by atoms with van der Waals surface area (Å²) in [5.41, 5.74) is -0.00541. The Hall–Kier alpha value is -2.98. The topological polar surface area (TPSA) is 128 Å². The van der Waals surface area contributed by atoms with Gasteiger partial charge in [-0.25, -0.2) is 16.8 Å². The number of piperazine rings is 1. The van der Waals surface area contributed by atoms with E-state index in [0.29, 0.717) is 5.75 Å². The summed E-state index contributed by atoms with van der Waals surface area (Å²) in [6.45, 7) is 0.0305. The minimum Gasteiger partial charge on any atom is -0.497 e. The van der Waals surface area contributed by atoms with Gasteiger partial charge in [-0.1, -0.05) is 12.1 Å². The first-order valence-corrected chi connectivity index (χ1v) is 12.9.